The van der Waals surface area contributed by atoms with Crippen molar-refractivity contribution in [2.45, 2.75) is 20.3 Å². The second-order valence-electron chi connectivity index (χ2n) is 4.99. The predicted molar refractivity (Wildman–Crippen MR) is 85.0 cm³/mol. The predicted octanol–water partition coefficient (Wildman–Crippen LogP) is 3.32. The van der Waals surface area contributed by atoms with E-state index in [2.05, 4.69) is 13.2 Å². The van der Waals surface area contributed by atoms with E-state index in [0.29, 0.717) is 13.0 Å². The summed E-state index contributed by atoms with van der Waals surface area (Å²) in [4.78, 5) is 0. The maximum atomic E-state index is 11.0. The van der Waals surface area contributed by atoms with Gasteiger partial charge in [0.25, 0.3) is 0 Å². The number of sulfone groups is 1. The molecule has 0 aliphatic carbocycles. The van der Waals surface area contributed by atoms with Crippen LogP contribution in [0, 0.1) is 13.8 Å². The van der Waals surface area contributed by atoms with Gasteiger partial charge in [0.2, 0.25) is 0 Å². The zero-order valence-electron chi connectivity index (χ0n) is 12.4. The average Bonchev–Trinajstić information content (AvgIpc) is 2.32. The number of ether oxygens (including phenoxy) is 1. The summed E-state index contributed by atoms with van der Waals surface area (Å²) >= 11 is 0. The highest BCUT2D eigenvalue weighted by Gasteiger charge is 2.08. The number of benzene rings is 1. The molecule has 4 heteroatoms. The average molecular weight is 294 g/mol. The molecule has 0 aliphatic heterocycles. The molecule has 20 heavy (non-hydrogen) atoms. The normalized spacial score (nSPS) is 11.2. The number of allylic oxidation sites excluding steroid dienone is 2. The fourth-order valence-corrected chi connectivity index (χ4v) is 2.77. The smallest absolute Gasteiger partial charge is 0.147 e. The third-order valence-corrected chi connectivity index (χ3v) is 4.03. The SMILES string of the molecule is C=CC(=C)c1c(C)cc(OCCCS(C)(=O)=O)cc1C. The molecule has 0 aromatic heterocycles. The number of aryl methyl sites for hydroxylation is 2. The van der Waals surface area contributed by atoms with Gasteiger partial charge in [-0.2, -0.15) is 0 Å². The molecule has 0 heterocycles. The monoisotopic (exact) mass is 294 g/mol. The summed E-state index contributed by atoms with van der Waals surface area (Å²) in [6.45, 7) is 12.1. The Balaban J connectivity index is 2.74. The second-order valence-corrected chi connectivity index (χ2v) is 7.25. The molecule has 0 amide bonds. The van der Waals surface area contributed by atoms with Gasteiger partial charge in [0.1, 0.15) is 15.6 Å². The molecule has 0 N–H and O–H groups in total. The van der Waals surface area contributed by atoms with Gasteiger partial charge in [-0.05, 0) is 54.7 Å². The lowest BCUT2D eigenvalue weighted by Gasteiger charge is -2.13. The van der Waals surface area contributed by atoms with Gasteiger partial charge in [-0.1, -0.05) is 19.2 Å². The zero-order chi connectivity index (χ0) is 15.3. The Kier molecular flexibility index (Phi) is 5.57. The fraction of sp³-hybridized carbons (Fsp3) is 0.375. The highest BCUT2D eigenvalue weighted by molar-refractivity contribution is 7.90. The molecule has 110 valence electrons. The Morgan fingerprint density at radius 2 is 1.85 bits per heavy atom. The van der Waals surface area contributed by atoms with Crippen molar-refractivity contribution in [2.24, 2.45) is 0 Å². The molecule has 0 saturated heterocycles. The summed E-state index contributed by atoms with van der Waals surface area (Å²) < 4.78 is 27.7. The highest BCUT2D eigenvalue weighted by Crippen LogP contribution is 2.27. The molecule has 1 rings (SSSR count). The first-order valence-electron chi connectivity index (χ1n) is 6.48. The van der Waals surface area contributed by atoms with Crippen LogP contribution in [0.4, 0.5) is 0 Å². The van der Waals surface area contributed by atoms with Crippen LogP contribution in [0.25, 0.3) is 5.57 Å². The van der Waals surface area contributed by atoms with E-state index < -0.39 is 9.84 Å². The third-order valence-electron chi connectivity index (χ3n) is 3.00. The Labute approximate surface area is 121 Å². The van der Waals surface area contributed by atoms with Gasteiger partial charge in [0, 0.05) is 6.26 Å². The molecular formula is C16H22O3S. The minimum atomic E-state index is -2.92. The second kappa shape index (κ2) is 6.75. The van der Waals surface area contributed by atoms with Crippen molar-refractivity contribution in [3.63, 3.8) is 0 Å². The first kappa shape index (κ1) is 16.5. The quantitative estimate of drug-likeness (QED) is 0.572. The Hall–Kier alpha value is -1.55. The van der Waals surface area contributed by atoms with Crippen LogP contribution in [0.15, 0.2) is 31.4 Å². The molecule has 0 aliphatic rings. The summed E-state index contributed by atoms with van der Waals surface area (Å²) in [7, 11) is -2.92. The van der Waals surface area contributed by atoms with Gasteiger partial charge in [-0.3, -0.25) is 0 Å². The van der Waals surface area contributed by atoms with E-state index in [1.54, 1.807) is 6.08 Å². The molecule has 0 fully saturated rings. The summed E-state index contributed by atoms with van der Waals surface area (Å²) in [5.74, 6) is 0.908. The number of rotatable bonds is 7. The maximum Gasteiger partial charge on any atom is 0.147 e. The minimum Gasteiger partial charge on any atom is -0.494 e. The number of hydrogen-bond acceptors (Lipinski definition) is 3. The lowest BCUT2D eigenvalue weighted by Crippen LogP contribution is -2.08. The molecule has 0 radical (unpaired) electrons. The van der Waals surface area contributed by atoms with Crippen LogP contribution in [0.5, 0.6) is 5.75 Å². The van der Waals surface area contributed by atoms with Crippen molar-refractivity contribution >= 4 is 15.4 Å². The molecule has 1 aromatic rings. The third kappa shape index (κ3) is 4.85. The Bertz CT molecular complexity index is 590. The largest absolute Gasteiger partial charge is 0.494 e. The topological polar surface area (TPSA) is 43.4 Å². The van der Waals surface area contributed by atoms with E-state index >= 15 is 0 Å². The van der Waals surface area contributed by atoms with E-state index in [4.69, 9.17) is 4.74 Å². The number of hydrogen-bond donors (Lipinski definition) is 0. The summed E-state index contributed by atoms with van der Waals surface area (Å²) in [5, 5.41) is 0. The van der Waals surface area contributed by atoms with Crippen molar-refractivity contribution in [1.82, 2.24) is 0 Å². The van der Waals surface area contributed by atoms with E-state index in [1.165, 1.54) is 6.26 Å². The standard InChI is InChI=1S/C16H22O3S/c1-6-12(2)16-13(3)10-15(11-14(16)4)19-8-7-9-20(5,17)18/h6,10-11H,1-2,7-9H2,3-5H3. The van der Waals surface area contributed by atoms with E-state index in [1.807, 2.05) is 26.0 Å². The van der Waals surface area contributed by atoms with Crippen LogP contribution in [0.1, 0.15) is 23.1 Å². The molecule has 0 bridgehead atoms. The van der Waals surface area contributed by atoms with Crippen LogP contribution >= 0.6 is 0 Å². The molecule has 0 spiro atoms. The zero-order valence-corrected chi connectivity index (χ0v) is 13.2. The van der Waals surface area contributed by atoms with Crippen LogP contribution < -0.4 is 4.74 Å². The Morgan fingerprint density at radius 3 is 2.30 bits per heavy atom. The van der Waals surface area contributed by atoms with Crippen molar-refractivity contribution in [2.75, 3.05) is 18.6 Å². The fourth-order valence-electron chi connectivity index (χ4n) is 2.13. The molecule has 3 nitrogen and oxygen atoms in total. The van der Waals surface area contributed by atoms with Crippen molar-refractivity contribution in [3.05, 3.63) is 48.1 Å². The van der Waals surface area contributed by atoms with Crippen LogP contribution in [-0.4, -0.2) is 27.0 Å². The summed E-state index contributed by atoms with van der Waals surface area (Å²) in [6.07, 6.45) is 3.47. The minimum absolute atomic E-state index is 0.149. The van der Waals surface area contributed by atoms with Crippen LogP contribution in [-0.2, 0) is 9.84 Å². The van der Waals surface area contributed by atoms with Crippen molar-refractivity contribution in [1.29, 1.82) is 0 Å². The van der Waals surface area contributed by atoms with Crippen molar-refractivity contribution < 1.29 is 13.2 Å². The van der Waals surface area contributed by atoms with Crippen molar-refractivity contribution in [3.8, 4) is 5.75 Å². The molecule has 0 unspecified atom stereocenters. The van der Waals surface area contributed by atoms with Crippen LogP contribution in [0.3, 0.4) is 0 Å². The van der Waals surface area contributed by atoms with Crippen LogP contribution in [0.2, 0.25) is 0 Å². The van der Waals surface area contributed by atoms with Gasteiger partial charge in [0.15, 0.2) is 0 Å². The van der Waals surface area contributed by atoms with Gasteiger partial charge >= 0.3 is 0 Å². The maximum absolute atomic E-state index is 11.0. The van der Waals surface area contributed by atoms with E-state index in [-0.39, 0.29) is 5.75 Å². The molecule has 0 saturated carbocycles. The first-order chi connectivity index (χ1) is 9.24. The first-order valence-corrected chi connectivity index (χ1v) is 8.54. The van der Waals surface area contributed by atoms with Gasteiger partial charge < -0.3 is 4.74 Å². The van der Waals surface area contributed by atoms with Gasteiger partial charge in [0.05, 0.1) is 12.4 Å². The highest BCUT2D eigenvalue weighted by atomic mass is 32.2. The molecule has 1 aromatic carbocycles. The lowest BCUT2D eigenvalue weighted by molar-refractivity contribution is 0.317. The lowest BCUT2D eigenvalue weighted by atomic mass is 9.96. The van der Waals surface area contributed by atoms with Gasteiger partial charge in [-0.15, -0.1) is 0 Å². The summed E-state index contributed by atoms with van der Waals surface area (Å²) in [5.41, 5.74) is 4.13. The molecule has 0 atom stereocenters. The Morgan fingerprint density at radius 1 is 1.30 bits per heavy atom. The van der Waals surface area contributed by atoms with E-state index in [9.17, 15) is 8.42 Å². The van der Waals surface area contributed by atoms with E-state index in [0.717, 1.165) is 28.0 Å². The van der Waals surface area contributed by atoms with Gasteiger partial charge in [-0.25, -0.2) is 8.42 Å². The molecular weight excluding hydrogens is 272 g/mol. The summed E-state index contributed by atoms with van der Waals surface area (Å²) in [6, 6.07) is 3.88.